The molecule has 0 aromatic heterocycles. The van der Waals surface area contributed by atoms with Gasteiger partial charge in [0.05, 0.1) is 6.61 Å². The second-order valence-electron chi connectivity index (χ2n) is 6.10. The van der Waals surface area contributed by atoms with Crippen LogP contribution in [0, 0.1) is 5.82 Å². The molecule has 0 heterocycles. The summed E-state index contributed by atoms with van der Waals surface area (Å²) in [6.45, 7) is 1.83. The summed E-state index contributed by atoms with van der Waals surface area (Å²) in [6, 6.07) is 15.0. The molecule has 0 N–H and O–H groups in total. The average molecular weight is 352 g/mol. The zero-order chi connectivity index (χ0) is 16.5. The molecular weight excluding hydrogens is 325 g/mol. The van der Waals surface area contributed by atoms with Gasteiger partial charge in [0.25, 0.3) is 0 Å². The minimum atomic E-state index is -0.173. The number of aryl methyl sites for hydroxylation is 2. The van der Waals surface area contributed by atoms with Crippen LogP contribution < -0.4 is 4.74 Å². The fraction of sp³-hybridized carbons (Fsp3) is 0.400. The molecule has 0 amide bonds. The summed E-state index contributed by atoms with van der Waals surface area (Å²) in [6.07, 6.45) is 3.87. The first-order valence-corrected chi connectivity index (χ1v) is 8.25. The standard InChI is InChI=1S/C20H26FNO.ClH/c1-22(2)14-5-6-15-23-20-11-4-3-9-18(20)13-12-17-8-7-10-19(21)16-17;/h3-4,7-11,16H,5-6,12-15H2,1-2H3;1H. The van der Waals surface area contributed by atoms with Gasteiger partial charge in [-0.2, -0.15) is 0 Å². The van der Waals surface area contributed by atoms with Crippen molar-refractivity contribution >= 4 is 12.4 Å². The maximum absolute atomic E-state index is 13.2. The van der Waals surface area contributed by atoms with Crippen LogP contribution in [-0.4, -0.2) is 32.1 Å². The lowest BCUT2D eigenvalue weighted by molar-refractivity contribution is 0.290. The third-order valence-corrected chi connectivity index (χ3v) is 3.80. The summed E-state index contributed by atoms with van der Waals surface area (Å²) in [5, 5.41) is 0. The van der Waals surface area contributed by atoms with Crippen molar-refractivity contribution in [1.29, 1.82) is 0 Å². The normalized spacial score (nSPS) is 10.5. The summed E-state index contributed by atoms with van der Waals surface area (Å²) >= 11 is 0. The van der Waals surface area contributed by atoms with Gasteiger partial charge in [-0.1, -0.05) is 30.3 Å². The quantitative estimate of drug-likeness (QED) is 0.604. The fourth-order valence-corrected chi connectivity index (χ4v) is 2.53. The molecule has 0 atom stereocenters. The number of nitrogens with zero attached hydrogens (tertiary/aromatic N) is 1. The van der Waals surface area contributed by atoms with Gasteiger partial charge in [-0.05, 0) is 75.6 Å². The molecule has 0 unspecified atom stereocenters. The number of halogens is 2. The highest BCUT2D eigenvalue weighted by Gasteiger charge is 2.04. The summed E-state index contributed by atoms with van der Waals surface area (Å²) in [7, 11) is 4.17. The molecule has 0 spiro atoms. The molecule has 0 aliphatic carbocycles. The van der Waals surface area contributed by atoms with Crippen LogP contribution in [0.3, 0.4) is 0 Å². The lowest BCUT2D eigenvalue weighted by Gasteiger charge is -2.13. The highest BCUT2D eigenvalue weighted by molar-refractivity contribution is 5.85. The van der Waals surface area contributed by atoms with Gasteiger partial charge < -0.3 is 9.64 Å². The van der Waals surface area contributed by atoms with Gasteiger partial charge >= 0.3 is 0 Å². The molecule has 132 valence electrons. The first kappa shape index (κ1) is 20.5. The van der Waals surface area contributed by atoms with Crippen LogP contribution in [0.15, 0.2) is 48.5 Å². The first-order chi connectivity index (χ1) is 11.1. The topological polar surface area (TPSA) is 12.5 Å². The van der Waals surface area contributed by atoms with Crippen molar-refractivity contribution in [2.75, 3.05) is 27.2 Å². The van der Waals surface area contributed by atoms with E-state index in [1.807, 2.05) is 24.3 Å². The van der Waals surface area contributed by atoms with Crippen LogP contribution in [-0.2, 0) is 12.8 Å². The van der Waals surface area contributed by atoms with Gasteiger partial charge in [0.15, 0.2) is 0 Å². The molecule has 2 nitrogen and oxygen atoms in total. The van der Waals surface area contributed by atoms with Gasteiger partial charge in [-0.15, -0.1) is 12.4 Å². The molecule has 0 aliphatic rings. The monoisotopic (exact) mass is 351 g/mol. The molecule has 0 radical (unpaired) electrons. The minimum absolute atomic E-state index is 0. The first-order valence-electron chi connectivity index (χ1n) is 8.25. The van der Waals surface area contributed by atoms with Crippen LogP contribution in [0.4, 0.5) is 4.39 Å². The Bertz CT molecular complexity index is 604. The Kier molecular flexibility index (Phi) is 9.43. The predicted octanol–water partition coefficient (Wildman–Crippen LogP) is 4.75. The van der Waals surface area contributed by atoms with E-state index in [1.54, 1.807) is 12.1 Å². The second kappa shape index (κ2) is 11.1. The van der Waals surface area contributed by atoms with Crippen molar-refractivity contribution in [2.24, 2.45) is 0 Å². The molecule has 0 saturated heterocycles. The van der Waals surface area contributed by atoms with Crippen molar-refractivity contribution in [3.8, 4) is 5.75 Å². The molecule has 4 heteroatoms. The third-order valence-electron chi connectivity index (χ3n) is 3.80. The van der Waals surface area contributed by atoms with Crippen LogP contribution >= 0.6 is 12.4 Å². The fourth-order valence-electron chi connectivity index (χ4n) is 2.53. The average Bonchev–Trinajstić information content (AvgIpc) is 2.53. The Morgan fingerprint density at radius 3 is 2.50 bits per heavy atom. The number of hydrogen-bond donors (Lipinski definition) is 0. The molecule has 0 bridgehead atoms. The number of ether oxygens (including phenoxy) is 1. The summed E-state index contributed by atoms with van der Waals surface area (Å²) in [4.78, 5) is 2.19. The van der Waals surface area contributed by atoms with E-state index in [0.29, 0.717) is 0 Å². The lowest BCUT2D eigenvalue weighted by Crippen LogP contribution is -2.13. The third kappa shape index (κ3) is 7.33. The number of rotatable bonds is 9. The van der Waals surface area contributed by atoms with Crippen LogP contribution in [0.5, 0.6) is 5.75 Å². The van der Waals surface area contributed by atoms with Gasteiger partial charge in [0, 0.05) is 0 Å². The highest BCUT2D eigenvalue weighted by Crippen LogP contribution is 2.20. The van der Waals surface area contributed by atoms with Gasteiger partial charge in [0.1, 0.15) is 11.6 Å². The SMILES string of the molecule is CN(C)CCCCOc1ccccc1CCc1cccc(F)c1.Cl. The van der Waals surface area contributed by atoms with E-state index in [-0.39, 0.29) is 18.2 Å². The van der Waals surface area contributed by atoms with Crippen LogP contribution in [0.2, 0.25) is 0 Å². The van der Waals surface area contributed by atoms with Crippen molar-refractivity contribution < 1.29 is 9.13 Å². The Morgan fingerprint density at radius 1 is 0.958 bits per heavy atom. The van der Waals surface area contributed by atoms with E-state index >= 15 is 0 Å². The van der Waals surface area contributed by atoms with E-state index in [9.17, 15) is 4.39 Å². The summed E-state index contributed by atoms with van der Waals surface area (Å²) < 4.78 is 19.2. The Balaban J connectivity index is 0.00000288. The molecule has 0 fully saturated rings. The molecule has 0 saturated carbocycles. The zero-order valence-corrected chi connectivity index (χ0v) is 15.3. The largest absolute Gasteiger partial charge is 0.493 e. The van der Waals surface area contributed by atoms with Crippen molar-refractivity contribution in [3.63, 3.8) is 0 Å². The molecule has 2 aromatic carbocycles. The van der Waals surface area contributed by atoms with Gasteiger partial charge in [-0.3, -0.25) is 0 Å². The van der Waals surface area contributed by atoms with Gasteiger partial charge in [0.2, 0.25) is 0 Å². The van der Waals surface area contributed by atoms with Crippen LogP contribution in [0.1, 0.15) is 24.0 Å². The maximum Gasteiger partial charge on any atom is 0.123 e. The maximum atomic E-state index is 13.2. The minimum Gasteiger partial charge on any atom is -0.493 e. The lowest BCUT2D eigenvalue weighted by atomic mass is 10.0. The molecule has 0 aliphatic heterocycles. The van der Waals surface area contributed by atoms with E-state index < -0.39 is 0 Å². The van der Waals surface area contributed by atoms with Crippen molar-refractivity contribution in [3.05, 3.63) is 65.5 Å². The van der Waals surface area contributed by atoms with E-state index in [0.717, 1.165) is 50.1 Å². The second-order valence-corrected chi connectivity index (χ2v) is 6.10. The molecular formula is C20H27ClFNO. The van der Waals surface area contributed by atoms with Gasteiger partial charge in [-0.25, -0.2) is 4.39 Å². The predicted molar refractivity (Wildman–Crippen MR) is 101 cm³/mol. The van der Waals surface area contributed by atoms with Crippen LogP contribution in [0.25, 0.3) is 0 Å². The van der Waals surface area contributed by atoms with E-state index in [1.165, 1.54) is 11.6 Å². The van der Waals surface area contributed by atoms with E-state index in [2.05, 4.69) is 25.1 Å². The zero-order valence-electron chi connectivity index (χ0n) is 14.5. The number of hydrogen-bond acceptors (Lipinski definition) is 2. The van der Waals surface area contributed by atoms with Crippen molar-refractivity contribution in [2.45, 2.75) is 25.7 Å². The summed E-state index contributed by atoms with van der Waals surface area (Å²) in [5.74, 6) is 0.779. The number of unbranched alkanes of at least 4 members (excludes halogenated alkanes) is 1. The number of para-hydroxylation sites is 1. The van der Waals surface area contributed by atoms with Crippen molar-refractivity contribution in [1.82, 2.24) is 4.90 Å². The molecule has 2 aromatic rings. The molecule has 2 rings (SSSR count). The number of benzene rings is 2. The smallest absolute Gasteiger partial charge is 0.123 e. The molecule has 24 heavy (non-hydrogen) atoms. The summed E-state index contributed by atoms with van der Waals surface area (Å²) in [5.41, 5.74) is 2.20. The Morgan fingerprint density at radius 2 is 1.75 bits per heavy atom. The highest BCUT2D eigenvalue weighted by atomic mass is 35.5. The van der Waals surface area contributed by atoms with E-state index in [4.69, 9.17) is 4.74 Å². The Hall–Kier alpha value is -1.58. The Labute approximate surface area is 151 Å².